The van der Waals surface area contributed by atoms with Crippen LogP contribution in [0.1, 0.15) is 23.2 Å². The second-order valence-corrected chi connectivity index (χ2v) is 5.98. The first-order chi connectivity index (χ1) is 11.6. The highest BCUT2D eigenvalue weighted by Crippen LogP contribution is 2.26. The fourth-order valence-corrected chi connectivity index (χ4v) is 2.91. The van der Waals surface area contributed by atoms with Crippen LogP contribution in [-0.2, 0) is 20.8 Å². The molecule has 0 unspecified atom stereocenters. The molecule has 1 aliphatic rings. The number of nitriles is 1. The summed E-state index contributed by atoms with van der Waals surface area (Å²) in [5.41, 5.74) is 2.46. The number of ether oxygens (including phenoxy) is 2. The van der Waals surface area contributed by atoms with Crippen LogP contribution in [0.3, 0.4) is 0 Å². The number of hydrogen-bond donors (Lipinski definition) is 1. The van der Waals surface area contributed by atoms with Crippen molar-refractivity contribution >= 4 is 11.7 Å². The van der Waals surface area contributed by atoms with Crippen molar-refractivity contribution in [2.75, 3.05) is 51.9 Å². The van der Waals surface area contributed by atoms with Crippen molar-refractivity contribution in [2.24, 2.45) is 0 Å². The molecule has 7 heteroatoms. The van der Waals surface area contributed by atoms with E-state index >= 15 is 0 Å². The minimum absolute atomic E-state index is 0.0982. The average molecular weight is 334 g/mol. The molecule has 24 heavy (non-hydrogen) atoms. The van der Waals surface area contributed by atoms with Crippen molar-refractivity contribution in [3.05, 3.63) is 16.8 Å². The Kier molecular flexibility index (Phi) is 6.79. The normalized spacial score (nSPS) is 15.2. The molecule has 0 bridgehead atoms. The molecule has 0 aromatic carbocycles. The summed E-state index contributed by atoms with van der Waals surface area (Å²) >= 11 is 0. The maximum Gasteiger partial charge on any atom is 0.239 e. The van der Waals surface area contributed by atoms with E-state index in [1.807, 2.05) is 18.4 Å². The van der Waals surface area contributed by atoms with Gasteiger partial charge in [0, 0.05) is 39.0 Å². The lowest BCUT2D eigenvalue weighted by atomic mass is 10.2. The molecular formula is C17H26N4O3. The number of carbonyl (C=O) groups excluding carboxylic acids is 1. The zero-order chi connectivity index (χ0) is 17.5. The molecule has 2 rings (SSSR count). The third kappa shape index (κ3) is 4.35. The topological polar surface area (TPSA) is 79.5 Å². The summed E-state index contributed by atoms with van der Waals surface area (Å²) in [7, 11) is 1.67. The summed E-state index contributed by atoms with van der Waals surface area (Å²) in [5.74, 6) is 0.501. The van der Waals surface area contributed by atoms with Gasteiger partial charge in [-0.05, 0) is 25.8 Å². The monoisotopic (exact) mass is 334 g/mol. The Morgan fingerprint density at radius 2 is 2.08 bits per heavy atom. The molecule has 0 atom stereocenters. The number of carbonyl (C=O) groups is 1. The molecular weight excluding hydrogens is 308 g/mol. The zero-order valence-electron chi connectivity index (χ0n) is 14.7. The van der Waals surface area contributed by atoms with Crippen LogP contribution in [-0.4, -0.2) is 61.9 Å². The number of nitrogens with zero attached hydrogens (tertiary/aromatic N) is 3. The van der Waals surface area contributed by atoms with Gasteiger partial charge in [-0.1, -0.05) is 0 Å². The van der Waals surface area contributed by atoms with E-state index in [1.165, 1.54) is 0 Å². The smallest absolute Gasteiger partial charge is 0.239 e. The van der Waals surface area contributed by atoms with Gasteiger partial charge in [0.1, 0.15) is 11.9 Å². The number of hydrogen-bond acceptors (Lipinski definition) is 5. The highest BCUT2D eigenvalue weighted by molar-refractivity contribution is 5.93. The number of rotatable bonds is 7. The van der Waals surface area contributed by atoms with Gasteiger partial charge in [0.2, 0.25) is 5.91 Å². The largest absolute Gasteiger partial charge is 0.385 e. The molecule has 1 amide bonds. The first-order valence-electron chi connectivity index (χ1n) is 8.27. The quantitative estimate of drug-likeness (QED) is 0.760. The van der Waals surface area contributed by atoms with Crippen LogP contribution < -0.4 is 5.32 Å². The molecule has 0 spiro atoms. The first-order valence-corrected chi connectivity index (χ1v) is 8.27. The maximum atomic E-state index is 12.4. The number of amides is 1. The molecule has 2 heterocycles. The summed E-state index contributed by atoms with van der Waals surface area (Å²) in [6, 6.07) is 2.22. The van der Waals surface area contributed by atoms with E-state index in [4.69, 9.17) is 9.47 Å². The van der Waals surface area contributed by atoms with E-state index in [2.05, 4.69) is 16.3 Å². The van der Waals surface area contributed by atoms with Crippen molar-refractivity contribution in [1.82, 2.24) is 9.47 Å². The van der Waals surface area contributed by atoms with E-state index in [9.17, 15) is 10.1 Å². The van der Waals surface area contributed by atoms with Crippen LogP contribution in [0.4, 0.5) is 5.82 Å². The minimum Gasteiger partial charge on any atom is -0.385 e. The predicted molar refractivity (Wildman–Crippen MR) is 91.0 cm³/mol. The molecule has 0 radical (unpaired) electrons. The van der Waals surface area contributed by atoms with E-state index in [0.717, 1.165) is 30.8 Å². The third-order valence-corrected chi connectivity index (χ3v) is 4.40. The van der Waals surface area contributed by atoms with Crippen LogP contribution in [0.2, 0.25) is 0 Å². The Hall–Kier alpha value is -1.88. The van der Waals surface area contributed by atoms with Crippen LogP contribution in [0.5, 0.6) is 0 Å². The summed E-state index contributed by atoms with van der Waals surface area (Å²) in [6.07, 6.45) is 0.822. The summed E-state index contributed by atoms with van der Waals surface area (Å²) in [6.45, 7) is 8.37. The number of nitrogens with one attached hydrogen (secondary N) is 1. The molecule has 1 N–H and O–H groups in total. The Morgan fingerprint density at radius 3 is 2.71 bits per heavy atom. The second-order valence-electron chi connectivity index (χ2n) is 5.98. The molecule has 1 aromatic heterocycles. The van der Waals surface area contributed by atoms with Gasteiger partial charge in [0.15, 0.2) is 0 Å². The number of aromatic nitrogens is 1. The zero-order valence-corrected chi connectivity index (χ0v) is 14.7. The van der Waals surface area contributed by atoms with Gasteiger partial charge in [-0.15, -0.1) is 0 Å². The van der Waals surface area contributed by atoms with Crippen LogP contribution >= 0.6 is 0 Å². The van der Waals surface area contributed by atoms with E-state index in [-0.39, 0.29) is 5.91 Å². The highest BCUT2D eigenvalue weighted by Gasteiger charge is 2.21. The lowest BCUT2D eigenvalue weighted by Crippen LogP contribution is -2.41. The second kappa shape index (κ2) is 8.83. The highest BCUT2D eigenvalue weighted by atomic mass is 16.5. The Balaban J connectivity index is 2.12. The van der Waals surface area contributed by atoms with Gasteiger partial charge < -0.3 is 19.4 Å². The third-order valence-electron chi connectivity index (χ3n) is 4.40. The fourth-order valence-electron chi connectivity index (χ4n) is 2.91. The Bertz CT molecular complexity index is 612. The van der Waals surface area contributed by atoms with E-state index in [1.54, 1.807) is 7.11 Å². The van der Waals surface area contributed by atoms with Crippen molar-refractivity contribution in [3.8, 4) is 6.07 Å². The standard InChI is InChI=1S/C17H26N4O3/c1-13-14(2)21(5-4-8-23-3)17(15(13)11-18)19-16(22)12-20-6-9-24-10-7-20/h4-10,12H2,1-3H3,(H,19,22). The fraction of sp³-hybridized carbons (Fsp3) is 0.647. The Morgan fingerprint density at radius 1 is 1.38 bits per heavy atom. The average Bonchev–Trinajstić information content (AvgIpc) is 2.80. The molecule has 7 nitrogen and oxygen atoms in total. The molecule has 132 valence electrons. The van der Waals surface area contributed by atoms with Crippen molar-refractivity contribution < 1.29 is 14.3 Å². The molecule has 1 saturated heterocycles. The lowest BCUT2D eigenvalue weighted by molar-refractivity contribution is -0.118. The van der Waals surface area contributed by atoms with Gasteiger partial charge >= 0.3 is 0 Å². The minimum atomic E-state index is -0.0982. The van der Waals surface area contributed by atoms with Gasteiger partial charge in [-0.2, -0.15) is 5.26 Å². The van der Waals surface area contributed by atoms with Gasteiger partial charge in [0.25, 0.3) is 0 Å². The SMILES string of the molecule is COCCCn1c(C)c(C)c(C#N)c1NC(=O)CN1CCOCC1. The molecule has 0 saturated carbocycles. The predicted octanol–water partition coefficient (Wildman–Crippen LogP) is 1.28. The van der Waals surface area contributed by atoms with Crippen molar-refractivity contribution in [3.63, 3.8) is 0 Å². The number of methoxy groups -OCH3 is 1. The number of anilines is 1. The molecule has 1 aliphatic heterocycles. The summed E-state index contributed by atoms with van der Waals surface area (Å²) in [4.78, 5) is 14.5. The summed E-state index contributed by atoms with van der Waals surface area (Å²) in [5, 5.41) is 12.4. The van der Waals surface area contributed by atoms with Gasteiger partial charge in [-0.3, -0.25) is 9.69 Å². The van der Waals surface area contributed by atoms with Gasteiger partial charge in [-0.25, -0.2) is 0 Å². The van der Waals surface area contributed by atoms with Crippen LogP contribution in [0.25, 0.3) is 0 Å². The summed E-state index contributed by atoms with van der Waals surface area (Å²) < 4.78 is 12.4. The van der Waals surface area contributed by atoms with Crippen molar-refractivity contribution in [2.45, 2.75) is 26.8 Å². The molecule has 0 aliphatic carbocycles. The molecule has 1 aromatic rings. The van der Waals surface area contributed by atoms with Crippen LogP contribution in [0.15, 0.2) is 0 Å². The number of morpholine rings is 1. The van der Waals surface area contributed by atoms with E-state index < -0.39 is 0 Å². The van der Waals surface area contributed by atoms with E-state index in [0.29, 0.717) is 44.3 Å². The molecule has 1 fully saturated rings. The van der Waals surface area contributed by atoms with Gasteiger partial charge in [0.05, 0.1) is 25.3 Å². The van der Waals surface area contributed by atoms with Crippen molar-refractivity contribution in [1.29, 1.82) is 5.26 Å². The van der Waals surface area contributed by atoms with Crippen LogP contribution in [0, 0.1) is 25.2 Å². The maximum absolute atomic E-state index is 12.4. The first kappa shape index (κ1) is 18.5. The Labute approximate surface area is 143 Å². The lowest BCUT2D eigenvalue weighted by Gasteiger charge is -2.26.